The number of carbonyl (C=O) groups is 1. The normalized spacial score (nSPS) is 21.5. The molecule has 0 heterocycles. The number of rotatable bonds is 9. The molecule has 0 amide bonds. The van der Waals surface area contributed by atoms with Gasteiger partial charge in [0, 0.05) is 12.2 Å². The fourth-order valence-electron chi connectivity index (χ4n) is 4.33. The topological polar surface area (TPSA) is 46.5 Å². The van der Waals surface area contributed by atoms with Gasteiger partial charge in [0.1, 0.15) is 11.6 Å². The van der Waals surface area contributed by atoms with E-state index in [9.17, 15) is 18.7 Å². The van der Waals surface area contributed by atoms with Crippen molar-refractivity contribution >= 4 is 5.97 Å². The minimum atomic E-state index is -1.09. The average molecular weight is 417 g/mol. The lowest BCUT2D eigenvalue weighted by Gasteiger charge is -2.37. The van der Waals surface area contributed by atoms with Crippen molar-refractivity contribution in [3.05, 3.63) is 59.7 Å². The van der Waals surface area contributed by atoms with Crippen molar-refractivity contribution in [2.24, 2.45) is 0 Å². The van der Waals surface area contributed by atoms with Crippen LogP contribution in [0.3, 0.4) is 0 Å². The number of carboxylic acids is 1. The third-order valence-corrected chi connectivity index (χ3v) is 6.22. The summed E-state index contributed by atoms with van der Waals surface area (Å²) in [6.45, 7) is 2.88. The Morgan fingerprint density at radius 3 is 2.37 bits per heavy atom. The second kappa shape index (κ2) is 10.2. The molecule has 1 saturated carbocycles. The van der Waals surface area contributed by atoms with Crippen LogP contribution >= 0.6 is 0 Å². The lowest BCUT2D eigenvalue weighted by Crippen LogP contribution is -2.41. The van der Waals surface area contributed by atoms with E-state index in [0.29, 0.717) is 49.0 Å². The van der Waals surface area contributed by atoms with Gasteiger partial charge in [-0.2, -0.15) is 0 Å². The zero-order valence-corrected chi connectivity index (χ0v) is 17.5. The number of ether oxygens (including phenoxy) is 1. The quantitative estimate of drug-likeness (QED) is 0.475. The van der Waals surface area contributed by atoms with E-state index < -0.39 is 17.2 Å². The highest BCUT2D eigenvalue weighted by Gasteiger charge is 2.44. The minimum Gasteiger partial charge on any atom is -0.481 e. The van der Waals surface area contributed by atoms with Gasteiger partial charge in [0.2, 0.25) is 0 Å². The summed E-state index contributed by atoms with van der Waals surface area (Å²) >= 11 is 0. The van der Waals surface area contributed by atoms with Gasteiger partial charge in [-0.05, 0) is 61.4 Å². The van der Waals surface area contributed by atoms with E-state index in [4.69, 9.17) is 4.74 Å². The van der Waals surface area contributed by atoms with E-state index >= 15 is 0 Å². The smallest absolute Gasteiger partial charge is 0.314 e. The Bertz CT molecular complexity index is 840. The van der Waals surface area contributed by atoms with Crippen molar-refractivity contribution in [3.63, 3.8) is 0 Å². The second-order valence-corrected chi connectivity index (χ2v) is 8.22. The highest BCUT2D eigenvalue weighted by atomic mass is 19.1. The molecule has 0 spiro atoms. The number of benzene rings is 2. The summed E-state index contributed by atoms with van der Waals surface area (Å²) in [7, 11) is 0. The molecule has 2 aromatic carbocycles. The van der Waals surface area contributed by atoms with E-state index in [1.165, 1.54) is 43.2 Å². The SMILES string of the molecule is CCCCCCOC1CCC(C(=O)O)(c2ccc(-c3ccc(F)cc3)c(F)c2)CC1. The van der Waals surface area contributed by atoms with Crippen molar-refractivity contribution in [3.8, 4) is 11.1 Å². The van der Waals surface area contributed by atoms with Crippen molar-refractivity contribution in [1.82, 2.24) is 0 Å². The van der Waals surface area contributed by atoms with E-state index in [2.05, 4.69) is 6.92 Å². The van der Waals surface area contributed by atoms with Crippen LogP contribution in [-0.4, -0.2) is 23.8 Å². The van der Waals surface area contributed by atoms with Crippen LogP contribution in [0.1, 0.15) is 63.9 Å². The molecule has 1 aliphatic carbocycles. The fraction of sp³-hybridized carbons (Fsp3) is 0.480. The Labute approximate surface area is 177 Å². The average Bonchev–Trinajstić information content (AvgIpc) is 2.74. The molecular weight excluding hydrogens is 386 g/mol. The predicted molar refractivity (Wildman–Crippen MR) is 113 cm³/mol. The fourth-order valence-corrected chi connectivity index (χ4v) is 4.33. The van der Waals surface area contributed by atoms with Gasteiger partial charge < -0.3 is 9.84 Å². The van der Waals surface area contributed by atoms with Crippen LogP contribution in [0, 0.1) is 11.6 Å². The molecule has 1 N–H and O–H groups in total. The van der Waals surface area contributed by atoms with Crippen molar-refractivity contribution in [2.75, 3.05) is 6.61 Å². The van der Waals surface area contributed by atoms with E-state index in [0.717, 1.165) is 12.8 Å². The van der Waals surface area contributed by atoms with E-state index in [1.54, 1.807) is 12.1 Å². The van der Waals surface area contributed by atoms with Crippen LogP contribution < -0.4 is 0 Å². The largest absolute Gasteiger partial charge is 0.481 e. The highest BCUT2D eigenvalue weighted by molar-refractivity contribution is 5.82. The molecule has 1 aliphatic rings. The molecule has 0 unspecified atom stereocenters. The molecule has 5 heteroatoms. The Balaban J connectivity index is 1.70. The summed E-state index contributed by atoms with van der Waals surface area (Å²) in [4.78, 5) is 12.2. The summed E-state index contributed by atoms with van der Waals surface area (Å²) in [6.07, 6.45) is 6.81. The van der Waals surface area contributed by atoms with Crippen molar-refractivity contribution < 1.29 is 23.4 Å². The predicted octanol–water partition coefficient (Wildman–Crippen LogP) is 6.49. The first-order valence-corrected chi connectivity index (χ1v) is 10.9. The first kappa shape index (κ1) is 22.4. The third kappa shape index (κ3) is 5.07. The molecule has 2 aromatic rings. The summed E-state index contributed by atoms with van der Waals surface area (Å²) in [5.41, 5.74) is 0.290. The molecule has 162 valence electrons. The van der Waals surface area contributed by atoms with Crippen molar-refractivity contribution in [2.45, 2.75) is 69.8 Å². The summed E-state index contributed by atoms with van der Waals surface area (Å²) in [5.74, 6) is -1.79. The van der Waals surface area contributed by atoms with Gasteiger partial charge >= 0.3 is 5.97 Å². The van der Waals surface area contributed by atoms with Gasteiger partial charge in [0.05, 0.1) is 11.5 Å². The van der Waals surface area contributed by atoms with Gasteiger partial charge in [-0.15, -0.1) is 0 Å². The molecule has 0 aliphatic heterocycles. The van der Waals surface area contributed by atoms with Crippen LogP contribution in [0.2, 0.25) is 0 Å². The van der Waals surface area contributed by atoms with Crippen LogP contribution in [-0.2, 0) is 14.9 Å². The van der Waals surface area contributed by atoms with Crippen LogP contribution in [0.25, 0.3) is 11.1 Å². The number of unbranched alkanes of at least 4 members (excludes halogenated alkanes) is 3. The zero-order chi connectivity index (χ0) is 21.6. The molecule has 0 atom stereocenters. The number of carboxylic acid groups (broad SMARTS) is 1. The lowest BCUT2D eigenvalue weighted by atomic mass is 9.68. The standard InChI is InChI=1S/C25H30F2O3/c1-2-3-4-5-16-30-21-12-14-25(15-13-21,24(28)29)19-8-11-22(23(27)17-19)18-6-9-20(26)10-7-18/h6-11,17,21H,2-5,12-16H2,1H3,(H,28,29). The van der Waals surface area contributed by atoms with Crippen molar-refractivity contribution in [1.29, 1.82) is 0 Å². The number of hydrogen-bond acceptors (Lipinski definition) is 2. The second-order valence-electron chi connectivity index (χ2n) is 8.22. The van der Waals surface area contributed by atoms with Gasteiger partial charge in [-0.3, -0.25) is 4.79 Å². The maximum atomic E-state index is 14.9. The molecule has 3 nitrogen and oxygen atoms in total. The van der Waals surface area contributed by atoms with Crippen LogP contribution in [0.15, 0.2) is 42.5 Å². The van der Waals surface area contributed by atoms with Gasteiger partial charge in [-0.25, -0.2) is 8.78 Å². The molecule has 30 heavy (non-hydrogen) atoms. The van der Waals surface area contributed by atoms with Gasteiger partial charge in [0.15, 0.2) is 0 Å². The molecule has 0 saturated heterocycles. The summed E-state index contributed by atoms with van der Waals surface area (Å²) < 4.78 is 34.0. The Kier molecular flexibility index (Phi) is 7.59. The highest BCUT2D eigenvalue weighted by Crippen LogP contribution is 2.42. The Hall–Kier alpha value is -2.27. The molecule has 0 radical (unpaired) electrons. The molecule has 1 fully saturated rings. The third-order valence-electron chi connectivity index (χ3n) is 6.22. The molecule has 0 aromatic heterocycles. The van der Waals surface area contributed by atoms with E-state index in [-0.39, 0.29) is 11.9 Å². The monoisotopic (exact) mass is 416 g/mol. The van der Waals surface area contributed by atoms with Gasteiger partial charge in [-0.1, -0.05) is 50.5 Å². The number of hydrogen-bond donors (Lipinski definition) is 1. The lowest BCUT2D eigenvalue weighted by molar-refractivity contribution is -0.146. The maximum absolute atomic E-state index is 14.9. The van der Waals surface area contributed by atoms with Crippen LogP contribution in [0.5, 0.6) is 0 Å². The summed E-state index contributed by atoms with van der Waals surface area (Å²) in [6, 6.07) is 10.2. The zero-order valence-electron chi connectivity index (χ0n) is 17.5. The van der Waals surface area contributed by atoms with E-state index in [1.807, 2.05) is 0 Å². The minimum absolute atomic E-state index is 0.0717. The number of halogens is 2. The van der Waals surface area contributed by atoms with Crippen LogP contribution in [0.4, 0.5) is 8.78 Å². The molecule has 3 rings (SSSR count). The maximum Gasteiger partial charge on any atom is 0.314 e. The molecular formula is C25H30F2O3. The Morgan fingerprint density at radius 1 is 1.07 bits per heavy atom. The molecule has 0 bridgehead atoms. The summed E-state index contributed by atoms with van der Waals surface area (Å²) in [5, 5.41) is 10.0. The Morgan fingerprint density at radius 2 is 1.77 bits per heavy atom. The first-order valence-electron chi connectivity index (χ1n) is 10.9. The first-order chi connectivity index (χ1) is 14.5. The number of aliphatic carboxylic acids is 1. The van der Waals surface area contributed by atoms with Gasteiger partial charge in [0.25, 0.3) is 0 Å².